The SMILES string of the molecule is C#CC(CC)NCCCC(=O)O. The molecule has 0 aromatic rings. The second-order valence-corrected chi connectivity index (χ2v) is 2.58. The van der Waals surface area contributed by atoms with Gasteiger partial charge in [-0.05, 0) is 19.4 Å². The van der Waals surface area contributed by atoms with Crippen molar-refractivity contribution >= 4 is 5.97 Å². The molecule has 0 heterocycles. The van der Waals surface area contributed by atoms with E-state index in [4.69, 9.17) is 11.5 Å². The van der Waals surface area contributed by atoms with Crippen LogP contribution in [0.2, 0.25) is 0 Å². The predicted molar refractivity (Wildman–Crippen MR) is 47.8 cm³/mol. The Kier molecular flexibility index (Phi) is 6.12. The molecule has 68 valence electrons. The highest BCUT2D eigenvalue weighted by Crippen LogP contribution is 1.90. The molecule has 0 aromatic carbocycles. The molecule has 0 radical (unpaired) electrons. The molecule has 0 saturated carbocycles. The van der Waals surface area contributed by atoms with Gasteiger partial charge in [0.25, 0.3) is 0 Å². The van der Waals surface area contributed by atoms with Crippen molar-refractivity contribution in [2.75, 3.05) is 6.54 Å². The van der Waals surface area contributed by atoms with Crippen molar-refractivity contribution < 1.29 is 9.90 Å². The van der Waals surface area contributed by atoms with Crippen LogP contribution in [-0.4, -0.2) is 23.7 Å². The van der Waals surface area contributed by atoms with E-state index in [-0.39, 0.29) is 12.5 Å². The van der Waals surface area contributed by atoms with Crippen LogP contribution in [-0.2, 0) is 4.79 Å². The summed E-state index contributed by atoms with van der Waals surface area (Å²) in [4.78, 5) is 10.1. The summed E-state index contributed by atoms with van der Waals surface area (Å²) in [5.41, 5.74) is 0. The van der Waals surface area contributed by atoms with Crippen LogP contribution in [0.1, 0.15) is 26.2 Å². The molecule has 0 rings (SSSR count). The van der Waals surface area contributed by atoms with E-state index in [0.717, 1.165) is 6.42 Å². The van der Waals surface area contributed by atoms with Gasteiger partial charge in [-0.2, -0.15) is 0 Å². The third-order valence-corrected chi connectivity index (χ3v) is 1.57. The maximum Gasteiger partial charge on any atom is 0.303 e. The standard InChI is InChI=1S/C9H15NO2/c1-3-8(4-2)10-7-5-6-9(11)12/h1,8,10H,4-7H2,2H3,(H,11,12). The number of terminal acetylenes is 1. The van der Waals surface area contributed by atoms with Crippen LogP contribution in [0.3, 0.4) is 0 Å². The fourth-order valence-corrected chi connectivity index (χ4v) is 0.837. The predicted octanol–water partition coefficient (Wildman–Crippen LogP) is 0.853. The van der Waals surface area contributed by atoms with Gasteiger partial charge >= 0.3 is 5.97 Å². The van der Waals surface area contributed by atoms with Gasteiger partial charge < -0.3 is 10.4 Å². The summed E-state index contributed by atoms with van der Waals surface area (Å²) in [6.07, 6.45) is 6.91. The lowest BCUT2D eigenvalue weighted by Gasteiger charge is -2.08. The second-order valence-electron chi connectivity index (χ2n) is 2.58. The molecule has 0 bridgehead atoms. The molecule has 0 fully saturated rings. The first-order chi connectivity index (χ1) is 5.70. The number of rotatable bonds is 6. The van der Waals surface area contributed by atoms with Crippen molar-refractivity contribution in [3.63, 3.8) is 0 Å². The first-order valence-electron chi connectivity index (χ1n) is 4.12. The van der Waals surface area contributed by atoms with Crippen LogP contribution in [0, 0.1) is 12.3 Å². The lowest BCUT2D eigenvalue weighted by molar-refractivity contribution is -0.137. The number of carboxylic acid groups (broad SMARTS) is 1. The van der Waals surface area contributed by atoms with Crippen LogP contribution in [0.5, 0.6) is 0 Å². The minimum atomic E-state index is -0.759. The van der Waals surface area contributed by atoms with Gasteiger partial charge in [0, 0.05) is 6.42 Å². The lowest BCUT2D eigenvalue weighted by Crippen LogP contribution is -2.27. The van der Waals surface area contributed by atoms with Gasteiger partial charge in [0.2, 0.25) is 0 Å². The van der Waals surface area contributed by atoms with Crippen LogP contribution >= 0.6 is 0 Å². The highest BCUT2D eigenvalue weighted by atomic mass is 16.4. The summed E-state index contributed by atoms with van der Waals surface area (Å²) < 4.78 is 0. The Balaban J connectivity index is 3.31. The Morgan fingerprint density at radius 1 is 1.75 bits per heavy atom. The minimum Gasteiger partial charge on any atom is -0.481 e. The van der Waals surface area contributed by atoms with Crippen LogP contribution in [0.4, 0.5) is 0 Å². The minimum absolute atomic E-state index is 0.0822. The molecule has 1 unspecified atom stereocenters. The molecule has 12 heavy (non-hydrogen) atoms. The summed E-state index contributed by atoms with van der Waals surface area (Å²) in [5.74, 6) is 1.82. The van der Waals surface area contributed by atoms with E-state index in [0.29, 0.717) is 13.0 Å². The molecular formula is C9H15NO2. The van der Waals surface area contributed by atoms with Gasteiger partial charge in [-0.15, -0.1) is 6.42 Å². The molecule has 0 aliphatic rings. The van der Waals surface area contributed by atoms with Gasteiger partial charge in [0.15, 0.2) is 0 Å². The van der Waals surface area contributed by atoms with Crippen molar-refractivity contribution in [3.05, 3.63) is 0 Å². The third-order valence-electron chi connectivity index (χ3n) is 1.57. The molecular weight excluding hydrogens is 154 g/mol. The van der Waals surface area contributed by atoms with Gasteiger partial charge in [0.05, 0.1) is 6.04 Å². The largest absolute Gasteiger partial charge is 0.481 e. The highest BCUT2D eigenvalue weighted by Gasteiger charge is 2.00. The van der Waals surface area contributed by atoms with Gasteiger partial charge in [-0.3, -0.25) is 4.79 Å². The number of hydrogen-bond donors (Lipinski definition) is 2. The highest BCUT2D eigenvalue weighted by molar-refractivity contribution is 5.66. The van der Waals surface area contributed by atoms with E-state index in [9.17, 15) is 4.79 Å². The maximum absolute atomic E-state index is 10.1. The summed E-state index contributed by atoms with van der Waals surface area (Å²) in [6.45, 7) is 2.67. The third kappa shape index (κ3) is 5.75. The van der Waals surface area contributed by atoms with E-state index in [1.165, 1.54) is 0 Å². The summed E-state index contributed by atoms with van der Waals surface area (Å²) in [7, 11) is 0. The second kappa shape index (κ2) is 6.68. The average Bonchev–Trinajstić information content (AvgIpc) is 2.04. The zero-order valence-electron chi connectivity index (χ0n) is 7.34. The number of carbonyl (C=O) groups is 1. The molecule has 0 aliphatic carbocycles. The Hall–Kier alpha value is -1.01. The molecule has 2 N–H and O–H groups in total. The van der Waals surface area contributed by atoms with Gasteiger partial charge in [-0.1, -0.05) is 12.8 Å². The van der Waals surface area contributed by atoms with Crippen molar-refractivity contribution in [1.29, 1.82) is 0 Å². The molecule has 0 aliphatic heterocycles. The van der Waals surface area contributed by atoms with Crippen molar-refractivity contribution in [3.8, 4) is 12.3 Å². The average molecular weight is 169 g/mol. The smallest absolute Gasteiger partial charge is 0.303 e. The van der Waals surface area contributed by atoms with Crippen molar-refractivity contribution in [2.24, 2.45) is 0 Å². The fourth-order valence-electron chi connectivity index (χ4n) is 0.837. The quantitative estimate of drug-likeness (QED) is 0.458. The molecule has 0 spiro atoms. The van der Waals surface area contributed by atoms with E-state index in [1.807, 2.05) is 6.92 Å². The monoisotopic (exact) mass is 169 g/mol. The zero-order valence-corrected chi connectivity index (χ0v) is 7.34. The van der Waals surface area contributed by atoms with E-state index >= 15 is 0 Å². The van der Waals surface area contributed by atoms with Gasteiger partial charge in [-0.25, -0.2) is 0 Å². The normalized spacial score (nSPS) is 12.0. The number of hydrogen-bond acceptors (Lipinski definition) is 2. The van der Waals surface area contributed by atoms with Gasteiger partial charge in [0.1, 0.15) is 0 Å². The molecule has 0 saturated heterocycles. The Bertz CT molecular complexity index is 172. The number of aliphatic carboxylic acids is 1. The molecule has 1 atom stereocenters. The molecule has 0 amide bonds. The number of carboxylic acids is 1. The molecule has 3 nitrogen and oxygen atoms in total. The van der Waals surface area contributed by atoms with Crippen molar-refractivity contribution in [1.82, 2.24) is 5.32 Å². The first kappa shape index (κ1) is 11.0. The van der Waals surface area contributed by atoms with Crippen LogP contribution in [0.15, 0.2) is 0 Å². The van der Waals surface area contributed by atoms with E-state index in [1.54, 1.807) is 0 Å². The Labute approximate surface area is 73.2 Å². The van der Waals surface area contributed by atoms with Crippen LogP contribution < -0.4 is 5.32 Å². The maximum atomic E-state index is 10.1. The van der Waals surface area contributed by atoms with E-state index in [2.05, 4.69) is 11.2 Å². The zero-order chi connectivity index (χ0) is 9.40. The molecule has 0 aromatic heterocycles. The Morgan fingerprint density at radius 2 is 2.42 bits per heavy atom. The van der Waals surface area contributed by atoms with E-state index < -0.39 is 5.97 Å². The molecule has 3 heteroatoms. The summed E-state index contributed by atoms with van der Waals surface area (Å²) in [6, 6.07) is 0.0822. The summed E-state index contributed by atoms with van der Waals surface area (Å²) in [5, 5.41) is 11.4. The number of nitrogens with one attached hydrogen (secondary N) is 1. The topological polar surface area (TPSA) is 49.3 Å². The van der Waals surface area contributed by atoms with Crippen LogP contribution in [0.25, 0.3) is 0 Å². The first-order valence-corrected chi connectivity index (χ1v) is 4.12. The van der Waals surface area contributed by atoms with Crippen molar-refractivity contribution in [2.45, 2.75) is 32.2 Å². The Morgan fingerprint density at radius 3 is 2.83 bits per heavy atom. The fraction of sp³-hybridized carbons (Fsp3) is 0.667. The lowest BCUT2D eigenvalue weighted by atomic mass is 10.2. The summed E-state index contributed by atoms with van der Waals surface area (Å²) >= 11 is 0.